The van der Waals surface area contributed by atoms with E-state index in [0.29, 0.717) is 13.1 Å². The van der Waals surface area contributed by atoms with Crippen molar-refractivity contribution in [1.29, 1.82) is 0 Å². The van der Waals surface area contributed by atoms with E-state index in [1.807, 2.05) is 0 Å². The Kier molecular flexibility index (Phi) is 6.41. The van der Waals surface area contributed by atoms with E-state index in [1.54, 1.807) is 0 Å². The Morgan fingerprint density at radius 3 is 2.41 bits per heavy atom. The van der Waals surface area contributed by atoms with Gasteiger partial charge in [-0.25, -0.2) is 8.42 Å². The summed E-state index contributed by atoms with van der Waals surface area (Å²) >= 11 is 0. The number of ketones is 1. The number of alkyl halides is 3. The summed E-state index contributed by atoms with van der Waals surface area (Å²) in [5.41, 5.74) is -0.726. The van der Waals surface area contributed by atoms with Crippen molar-refractivity contribution in [3.8, 4) is 11.3 Å². The van der Waals surface area contributed by atoms with Crippen LogP contribution in [0.25, 0.3) is 11.3 Å². The van der Waals surface area contributed by atoms with E-state index in [9.17, 15) is 31.2 Å². The molecular formula is C23H20F3N3O4S. The van der Waals surface area contributed by atoms with Gasteiger partial charge in [-0.2, -0.15) is 17.5 Å². The molecule has 0 atom stereocenters. The van der Waals surface area contributed by atoms with Gasteiger partial charge in [0.2, 0.25) is 10.0 Å². The number of Topliss-reactive ketones (excluding diaryl/α,β-unsaturated/α-hetero) is 1. The molecule has 1 fully saturated rings. The lowest BCUT2D eigenvalue weighted by molar-refractivity contribution is -0.137. The number of hydrogen-bond acceptors (Lipinski definition) is 5. The van der Waals surface area contributed by atoms with Crippen LogP contribution in [0.4, 0.5) is 13.2 Å². The van der Waals surface area contributed by atoms with Crippen molar-refractivity contribution in [2.75, 3.05) is 13.1 Å². The zero-order valence-electron chi connectivity index (χ0n) is 17.8. The second-order valence-corrected chi connectivity index (χ2v) is 9.81. The molecule has 178 valence electrons. The summed E-state index contributed by atoms with van der Waals surface area (Å²) in [6.45, 7) is 0.404. The van der Waals surface area contributed by atoms with Crippen LogP contribution in [-0.4, -0.2) is 41.1 Å². The summed E-state index contributed by atoms with van der Waals surface area (Å²) in [5, 5.41) is 0. The predicted octanol–water partition coefficient (Wildman–Crippen LogP) is 3.60. The van der Waals surface area contributed by atoms with Gasteiger partial charge in [-0.05, 0) is 43.2 Å². The molecule has 1 aromatic carbocycles. The van der Waals surface area contributed by atoms with E-state index in [-0.39, 0.29) is 21.7 Å². The normalized spacial score (nSPS) is 14.9. The second-order valence-electron chi connectivity index (χ2n) is 7.88. The molecule has 0 saturated carbocycles. The van der Waals surface area contributed by atoms with Crippen LogP contribution in [0.5, 0.6) is 0 Å². The quantitative estimate of drug-likeness (QED) is 0.492. The first-order valence-electron chi connectivity index (χ1n) is 10.4. The first kappa shape index (κ1) is 23.8. The van der Waals surface area contributed by atoms with E-state index < -0.39 is 39.7 Å². The number of carbonyl (C=O) groups is 1. The Labute approximate surface area is 193 Å². The summed E-state index contributed by atoms with van der Waals surface area (Å²) < 4.78 is 66.7. The molecule has 11 heteroatoms. The fourth-order valence-electron chi connectivity index (χ4n) is 3.69. The van der Waals surface area contributed by atoms with E-state index in [1.165, 1.54) is 40.8 Å². The van der Waals surface area contributed by atoms with Crippen LogP contribution in [0.2, 0.25) is 0 Å². The fraction of sp³-hybridized carbons (Fsp3) is 0.261. The standard InChI is InChI=1S/C23H20F3N3O4S/c24-23(25,26)18-5-3-4-16(12-18)20-8-6-17(13-27-20)21(30)15-28-14-19(7-9-22(28)31)34(32,33)29-10-1-2-11-29/h3-9,12-14H,1-2,10-11,15H2. The number of halogens is 3. The van der Waals surface area contributed by atoms with Crippen LogP contribution in [0.15, 0.2) is 70.6 Å². The Morgan fingerprint density at radius 2 is 1.76 bits per heavy atom. The van der Waals surface area contributed by atoms with E-state index >= 15 is 0 Å². The maximum absolute atomic E-state index is 12.9. The lowest BCUT2D eigenvalue weighted by atomic mass is 10.1. The van der Waals surface area contributed by atoms with Gasteiger partial charge in [0.15, 0.2) is 5.78 Å². The molecule has 0 bridgehead atoms. The van der Waals surface area contributed by atoms with Gasteiger partial charge < -0.3 is 4.57 Å². The minimum Gasteiger partial charge on any atom is -0.306 e. The van der Waals surface area contributed by atoms with Crippen LogP contribution in [0.3, 0.4) is 0 Å². The molecule has 0 N–H and O–H groups in total. The van der Waals surface area contributed by atoms with Gasteiger partial charge in [0.05, 0.1) is 22.7 Å². The highest BCUT2D eigenvalue weighted by Crippen LogP contribution is 2.31. The topological polar surface area (TPSA) is 89.3 Å². The molecule has 0 unspecified atom stereocenters. The molecule has 4 rings (SSSR count). The maximum Gasteiger partial charge on any atom is 0.416 e. The molecular weight excluding hydrogens is 471 g/mol. The molecule has 0 radical (unpaired) electrons. The van der Waals surface area contributed by atoms with E-state index in [2.05, 4.69) is 4.98 Å². The van der Waals surface area contributed by atoms with Crippen LogP contribution in [-0.2, 0) is 22.7 Å². The highest BCUT2D eigenvalue weighted by Gasteiger charge is 2.30. The molecule has 3 heterocycles. The summed E-state index contributed by atoms with van der Waals surface area (Å²) in [4.78, 5) is 29.0. The van der Waals surface area contributed by atoms with Crippen LogP contribution in [0.1, 0.15) is 28.8 Å². The molecule has 1 aliphatic rings. The summed E-state index contributed by atoms with van der Waals surface area (Å²) in [5.74, 6) is -0.499. The van der Waals surface area contributed by atoms with Crippen LogP contribution in [0, 0.1) is 0 Å². The number of nitrogens with zero attached hydrogens (tertiary/aromatic N) is 3. The van der Waals surface area contributed by atoms with Crippen molar-refractivity contribution in [2.45, 2.75) is 30.5 Å². The average Bonchev–Trinajstić information content (AvgIpc) is 3.36. The molecule has 34 heavy (non-hydrogen) atoms. The number of pyridine rings is 2. The van der Waals surface area contributed by atoms with Gasteiger partial charge in [0.25, 0.3) is 5.56 Å². The molecule has 0 spiro atoms. The van der Waals surface area contributed by atoms with Gasteiger partial charge in [0.1, 0.15) is 0 Å². The van der Waals surface area contributed by atoms with Crippen LogP contribution >= 0.6 is 0 Å². The molecule has 2 aromatic heterocycles. The van der Waals surface area contributed by atoms with Crippen molar-refractivity contribution in [3.63, 3.8) is 0 Å². The van der Waals surface area contributed by atoms with Gasteiger partial charge in [-0.1, -0.05) is 12.1 Å². The van der Waals surface area contributed by atoms with Crippen molar-refractivity contribution in [1.82, 2.24) is 13.9 Å². The minimum atomic E-state index is -4.49. The van der Waals surface area contributed by atoms with Crippen molar-refractivity contribution < 1.29 is 26.4 Å². The molecule has 0 aliphatic carbocycles. The molecule has 7 nitrogen and oxygen atoms in total. The van der Waals surface area contributed by atoms with Crippen molar-refractivity contribution in [2.24, 2.45) is 0 Å². The van der Waals surface area contributed by atoms with Gasteiger partial charge in [0, 0.05) is 42.7 Å². The second kappa shape index (κ2) is 9.15. The third-order valence-electron chi connectivity index (χ3n) is 5.54. The fourth-order valence-corrected chi connectivity index (χ4v) is 5.23. The number of hydrogen-bond donors (Lipinski definition) is 0. The zero-order valence-corrected chi connectivity index (χ0v) is 18.6. The molecule has 1 saturated heterocycles. The Hall–Kier alpha value is -3.31. The number of sulfonamides is 1. The van der Waals surface area contributed by atoms with Gasteiger partial charge >= 0.3 is 6.18 Å². The number of aromatic nitrogens is 2. The minimum absolute atomic E-state index is 0.0696. The zero-order chi connectivity index (χ0) is 24.5. The highest BCUT2D eigenvalue weighted by atomic mass is 32.2. The molecule has 1 aliphatic heterocycles. The molecule has 0 amide bonds. The first-order valence-corrected chi connectivity index (χ1v) is 11.9. The third kappa shape index (κ3) is 4.95. The van der Waals surface area contributed by atoms with Gasteiger partial charge in [-0.3, -0.25) is 14.6 Å². The lowest BCUT2D eigenvalue weighted by Crippen LogP contribution is -2.30. The number of benzene rings is 1. The monoisotopic (exact) mass is 491 g/mol. The SMILES string of the molecule is O=C(Cn1cc(S(=O)(=O)N2CCCC2)ccc1=O)c1ccc(-c2cccc(C(F)(F)F)c2)nc1. The Morgan fingerprint density at radius 1 is 1.03 bits per heavy atom. The van der Waals surface area contributed by atoms with E-state index in [0.717, 1.165) is 41.8 Å². The summed E-state index contributed by atoms with van der Waals surface area (Å²) in [7, 11) is -3.76. The predicted molar refractivity (Wildman–Crippen MR) is 118 cm³/mol. The van der Waals surface area contributed by atoms with Crippen molar-refractivity contribution >= 4 is 15.8 Å². The smallest absolute Gasteiger partial charge is 0.306 e. The summed E-state index contributed by atoms with van der Waals surface area (Å²) in [6.07, 6.45) is -0.593. The van der Waals surface area contributed by atoms with E-state index in [4.69, 9.17) is 0 Å². The Bertz CT molecular complexity index is 1380. The Balaban J connectivity index is 1.54. The first-order chi connectivity index (χ1) is 16.1. The number of rotatable bonds is 6. The molecule has 3 aromatic rings. The maximum atomic E-state index is 12.9. The van der Waals surface area contributed by atoms with Crippen molar-refractivity contribution in [3.05, 3.63) is 82.4 Å². The summed E-state index contributed by atoms with van der Waals surface area (Å²) in [6, 6.07) is 9.82. The van der Waals surface area contributed by atoms with Gasteiger partial charge in [-0.15, -0.1) is 0 Å². The average molecular weight is 491 g/mol. The lowest BCUT2D eigenvalue weighted by Gasteiger charge is -2.16. The number of carbonyl (C=O) groups excluding carboxylic acids is 1. The van der Waals surface area contributed by atoms with Crippen LogP contribution < -0.4 is 5.56 Å². The largest absolute Gasteiger partial charge is 0.416 e. The highest BCUT2D eigenvalue weighted by molar-refractivity contribution is 7.89. The third-order valence-corrected chi connectivity index (χ3v) is 7.43.